The Morgan fingerprint density at radius 2 is 1.83 bits per heavy atom. The molecule has 1 aromatic rings. The van der Waals surface area contributed by atoms with E-state index >= 15 is 0 Å². The first-order valence-corrected chi connectivity index (χ1v) is 10.2. The summed E-state index contributed by atoms with van der Waals surface area (Å²) in [5.41, 5.74) is -1.26. The SMILES string of the molecule is Cc1ccc(S(=O)(=O)OC2(C)NC3C(O)C[C@@](O)(C(=O)O)OC3[C@H](O)C2O)cc1. The minimum absolute atomic E-state index is 0.185. The van der Waals surface area contributed by atoms with Gasteiger partial charge in [-0.25, -0.2) is 8.98 Å². The zero-order chi connectivity index (χ0) is 21.8. The van der Waals surface area contributed by atoms with Crippen molar-refractivity contribution in [1.29, 1.82) is 0 Å². The fraction of sp³-hybridized carbons (Fsp3) is 0.588. The van der Waals surface area contributed by atoms with Crippen molar-refractivity contribution < 1.29 is 47.7 Å². The van der Waals surface area contributed by atoms with Crippen LogP contribution in [0.25, 0.3) is 0 Å². The summed E-state index contributed by atoms with van der Waals surface area (Å²) in [6.07, 6.45) is -7.64. The molecule has 1 aromatic carbocycles. The Labute approximate surface area is 166 Å². The third-order valence-electron chi connectivity index (χ3n) is 5.19. The van der Waals surface area contributed by atoms with Crippen LogP contribution in [0, 0.1) is 6.92 Å². The van der Waals surface area contributed by atoms with Gasteiger partial charge in [0.1, 0.15) is 18.3 Å². The number of hydrogen-bond acceptors (Lipinski definition) is 10. The minimum atomic E-state index is -4.38. The molecule has 0 bridgehead atoms. The van der Waals surface area contributed by atoms with Gasteiger partial charge in [-0.1, -0.05) is 17.7 Å². The molecule has 5 unspecified atom stereocenters. The van der Waals surface area contributed by atoms with Gasteiger partial charge in [-0.2, -0.15) is 8.42 Å². The van der Waals surface area contributed by atoms with Crippen LogP contribution in [0.3, 0.4) is 0 Å². The van der Waals surface area contributed by atoms with Gasteiger partial charge >= 0.3 is 5.97 Å². The van der Waals surface area contributed by atoms with E-state index in [0.717, 1.165) is 12.5 Å². The lowest BCUT2D eigenvalue weighted by molar-refractivity contribution is -0.317. The highest BCUT2D eigenvalue weighted by Crippen LogP contribution is 2.37. The molecule has 2 fully saturated rings. The van der Waals surface area contributed by atoms with E-state index in [1.165, 1.54) is 12.1 Å². The number of aryl methyl sites for hydroxylation is 1. The second kappa shape index (κ2) is 7.25. The number of aliphatic hydroxyl groups excluding tert-OH is 3. The van der Waals surface area contributed by atoms with Crippen LogP contribution in [0.15, 0.2) is 29.2 Å². The zero-order valence-electron chi connectivity index (χ0n) is 15.6. The molecule has 162 valence electrons. The fourth-order valence-corrected chi connectivity index (χ4v) is 4.72. The van der Waals surface area contributed by atoms with Gasteiger partial charge in [0.05, 0.1) is 17.0 Å². The number of nitrogens with one attached hydrogen (secondary N) is 1. The molecule has 3 rings (SSSR count). The topological polar surface area (TPSA) is 183 Å². The number of piperidine rings is 1. The first kappa shape index (κ1) is 22.1. The molecule has 29 heavy (non-hydrogen) atoms. The molecule has 0 aliphatic carbocycles. The van der Waals surface area contributed by atoms with E-state index in [-0.39, 0.29) is 4.90 Å². The smallest absolute Gasteiger partial charge is 0.364 e. The average molecular weight is 433 g/mol. The highest BCUT2D eigenvalue weighted by Gasteiger charge is 2.61. The lowest BCUT2D eigenvalue weighted by Gasteiger charge is -2.53. The molecule has 12 heteroatoms. The van der Waals surface area contributed by atoms with Crippen LogP contribution < -0.4 is 5.32 Å². The summed E-state index contributed by atoms with van der Waals surface area (Å²) in [5.74, 6) is -4.55. The van der Waals surface area contributed by atoms with Crippen molar-refractivity contribution in [2.75, 3.05) is 0 Å². The van der Waals surface area contributed by atoms with Gasteiger partial charge in [0, 0.05) is 6.42 Å². The van der Waals surface area contributed by atoms with Crippen molar-refractivity contribution in [3.05, 3.63) is 29.8 Å². The molecule has 0 aromatic heterocycles. The van der Waals surface area contributed by atoms with Crippen LogP contribution in [0.1, 0.15) is 18.9 Å². The standard InChI is InChI=1S/C17H23NO10S/c1-8-3-5-9(6-4-8)29(25,26)28-16(2)14(21)12(20)13-11(18-16)10(19)7-17(24,27-13)15(22)23/h3-6,10-14,18-21,24H,7H2,1-2H3,(H,22,23)/t10?,11?,12-,13?,14?,16?,17-/m0/s1. The van der Waals surface area contributed by atoms with Gasteiger partial charge in [0.2, 0.25) is 0 Å². The molecule has 0 amide bonds. The van der Waals surface area contributed by atoms with E-state index < -0.39 is 64.5 Å². The van der Waals surface area contributed by atoms with Gasteiger partial charge in [0.25, 0.3) is 15.9 Å². The van der Waals surface area contributed by atoms with E-state index in [0.29, 0.717) is 0 Å². The first-order chi connectivity index (χ1) is 13.3. The van der Waals surface area contributed by atoms with Crippen molar-refractivity contribution in [3.8, 4) is 0 Å². The van der Waals surface area contributed by atoms with Gasteiger partial charge in [-0.3, -0.25) is 5.32 Å². The van der Waals surface area contributed by atoms with E-state index in [1.807, 2.05) is 0 Å². The van der Waals surface area contributed by atoms with Gasteiger partial charge in [-0.05, 0) is 26.0 Å². The molecule has 2 heterocycles. The molecule has 11 nitrogen and oxygen atoms in total. The van der Waals surface area contributed by atoms with Crippen molar-refractivity contribution in [2.24, 2.45) is 0 Å². The minimum Gasteiger partial charge on any atom is -0.477 e. The number of ether oxygens (including phenoxy) is 1. The molecule has 0 radical (unpaired) electrons. The summed E-state index contributed by atoms with van der Waals surface area (Å²) in [6.45, 7) is 2.93. The first-order valence-electron chi connectivity index (χ1n) is 8.77. The second-order valence-corrected chi connectivity index (χ2v) is 9.05. The van der Waals surface area contributed by atoms with Gasteiger partial charge in [0.15, 0.2) is 5.72 Å². The molecule has 0 spiro atoms. The Kier molecular flexibility index (Phi) is 5.51. The Morgan fingerprint density at radius 3 is 2.38 bits per heavy atom. The summed E-state index contributed by atoms with van der Waals surface area (Å²) in [6, 6.07) is 4.51. The molecule has 2 saturated heterocycles. The monoisotopic (exact) mass is 433 g/mol. The van der Waals surface area contributed by atoms with Crippen LogP contribution >= 0.6 is 0 Å². The maximum atomic E-state index is 12.6. The Balaban J connectivity index is 1.89. The van der Waals surface area contributed by atoms with Crippen LogP contribution in [-0.2, 0) is 23.8 Å². The second-order valence-electron chi connectivity index (χ2n) is 7.51. The maximum Gasteiger partial charge on any atom is 0.364 e. The van der Waals surface area contributed by atoms with Crippen molar-refractivity contribution in [1.82, 2.24) is 5.32 Å². The number of benzene rings is 1. The number of fused-ring (bicyclic) bond motifs is 1. The highest BCUT2D eigenvalue weighted by atomic mass is 32.2. The number of carboxylic acids is 1. The molecular weight excluding hydrogens is 410 g/mol. The lowest BCUT2D eigenvalue weighted by Crippen LogP contribution is -2.78. The quantitative estimate of drug-likeness (QED) is 0.290. The zero-order valence-corrected chi connectivity index (χ0v) is 16.4. The maximum absolute atomic E-state index is 12.6. The van der Waals surface area contributed by atoms with Crippen molar-refractivity contribution in [3.63, 3.8) is 0 Å². The summed E-state index contributed by atoms with van der Waals surface area (Å²) in [4.78, 5) is 11.0. The number of aliphatic carboxylic acids is 1. The Hall–Kier alpha value is -1.64. The summed E-state index contributed by atoms with van der Waals surface area (Å²) in [7, 11) is -4.38. The van der Waals surface area contributed by atoms with E-state index in [1.54, 1.807) is 19.1 Å². The summed E-state index contributed by atoms with van der Waals surface area (Å²) in [5, 5.41) is 52.9. The molecule has 2 aliphatic heterocycles. The largest absolute Gasteiger partial charge is 0.477 e. The Bertz CT molecular complexity index is 890. The summed E-state index contributed by atoms with van der Waals surface area (Å²) >= 11 is 0. The predicted molar refractivity (Wildman–Crippen MR) is 94.9 cm³/mol. The summed E-state index contributed by atoms with van der Waals surface area (Å²) < 4.78 is 35.5. The normalized spacial score (nSPS) is 40.3. The van der Waals surface area contributed by atoms with Gasteiger partial charge in [-0.15, -0.1) is 0 Å². The fourth-order valence-electron chi connectivity index (χ4n) is 3.55. The van der Waals surface area contributed by atoms with Crippen molar-refractivity contribution >= 4 is 16.1 Å². The molecule has 2 aliphatic rings. The highest BCUT2D eigenvalue weighted by molar-refractivity contribution is 7.86. The van der Waals surface area contributed by atoms with Crippen LogP contribution in [-0.4, -0.2) is 81.9 Å². The number of rotatable bonds is 4. The molecule has 6 N–H and O–H groups in total. The molecular formula is C17H23NO10S. The van der Waals surface area contributed by atoms with E-state index in [4.69, 9.17) is 14.0 Å². The third kappa shape index (κ3) is 3.90. The Morgan fingerprint density at radius 1 is 1.24 bits per heavy atom. The predicted octanol–water partition coefficient (Wildman–Crippen LogP) is -1.97. The number of hydrogen-bond donors (Lipinski definition) is 6. The molecule has 7 atom stereocenters. The number of aliphatic hydroxyl groups is 4. The average Bonchev–Trinajstić information content (AvgIpc) is 2.61. The van der Waals surface area contributed by atoms with E-state index in [2.05, 4.69) is 5.32 Å². The van der Waals surface area contributed by atoms with Gasteiger partial charge < -0.3 is 30.3 Å². The van der Waals surface area contributed by atoms with Crippen LogP contribution in [0.4, 0.5) is 0 Å². The van der Waals surface area contributed by atoms with Crippen LogP contribution in [0.2, 0.25) is 0 Å². The van der Waals surface area contributed by atoms with Crippen molar-refractivity contribution in [2.45, 2.75) is 67.1 Å². The number of carbonyl (C=O) groups is 1. The third-order valence-corrected chi connectivity index (χ3v) is 6.60. The number of carboxylic acid groups (broad SMARTS) is 1. The van der Waals surface area contributed by atoms with E-state index in [9.17, 15) is 33.6 Å². The lowest BCUT2D eigenvalue weighted by atomic mass is 9.82. The molecule has 0 saturated carbocycles. The van der Waals surface area contributed by atoms with Crippen LogP contribution in [0.5, 0.6) is 0 Å².